The first kappa shape index (κ1) is 21.3. The van der Waals surface area contributed by atoms with E-state index in [4.69, 9.17) is 16.1 Å². The Labute approximate surface area is 204 Å². The first-order valence-corrected chi connectivity index (χ1v) is 11.5. The zero-order valence-electron chi connectivity index (χ0n) is 18.4. The van der Waals surface area contributed by atoms with E-state index in [0.29, 0.717) is 22.1 Å². The summed E-state index contributed by atoms with van der Waals surface area (Å²) in [5.74, 6) is 0.322. The number of carbonyl (C=O) groups is 1. The first-order chi connectivity index (χ1) is 17.1. The summed E-state index contributed by atoms with van der Waals surface area (Å²) in [5.41, 5.74) is 3.48. The lowest BCUT2D eigenvalue weighted by Gasteiger charge is -2.13. The third kappa shape index (κ3) is 3.89. The van der Waals surface area contributed by atoms with Crippen molar-refractivity contribution in [1.82, 2.24) is 29.6 Å². The van der Waals surface area contributed by atoms with Crippen LogP contribution in [0.4, 0.5) is 0 Å². The second-order valence-electron chi connectivity index (χ2n) is 8.34. The van der Waals surface area contributed by atoms with Crippen LogP contribution in [0.2, 0.25) is 5.02 Å². The fourth-order valence-corrected chi connectivity index (χ4v) is 4.57. The lowest BCUT2D eigenvalue weighted by molar-refractivity contribution is -0.122. The number of benzene rings is 2. The molecule has 0 bridgehead atoms. The van der Waals surface area contributed by atoms with Crippen LogP contribution in [0, 0.1) is 0 Å². The van der Waals surface area contributed by atoms with Gasteiger partial charge in [-0.2, -0.15) is 4.98 Å². The van der Waals surface area contributed by atoms with Crippen molar-refractivity contribution in [1.29, 1.82) is 0 Å². The molecule has 0 saturated heterocycles. The first-order valence-electron chi connectivity index (χ1n) is 11.1. The molecule has 1 aliphatic rings. The maximum Gasteiger partial charge on any atom is 0.350 e. The molecule has 9 nitrogen and oxygen atoms in total. The molecule has 2 aromatic carbocycles. The largest absolute Gasteiger partial charge is 0.350 e. The van der Waals surface area contributed by atoms with E-state index in [0.717, 1.165) is 28.7 Å². The van der Waals surface area contributed by atoms with Crippen molar-refractivity contribution < 1.29 is 9.32 Å². The highest BCUT2D eigenvalue weighted by Gasteiger charge is 2.24. The molecule has 6 rings (SSSR count). The van der Waals surface area contributed by atoms with Crippen LogP contribution in [0.3, 0.4) is 0 Å². The molecule has 1 amide bonds. The van der Waals surface area contributed by atoms with Crippen molar-refractivity contribution in [2.24, 2.45) is 0 Å². The molecule has 0 aliphatic heterocycles. The SMILES string of the molecule is O=C(Cn1nc2c(-c3nc(-c4ccc(Cl)cc4)no3)cccn2c1=O)N[C@@H]1CCc2ccccc21. The van der Waals surface area contributed by atoms with Gasteiger partial charge in [0.2, 0.25) is 11.7 Å². The molecule has 0 unspecified atom stereocenters. The van der Waals surface area contributed by atoms with Gasteiger partial charge in [0.15, 0.2) is 5.65 Å². The molecule has 0 spiro atoms. The number of carbonyl (C=O) groups excluding carboxylic acids is 1. The molecule has 0 fully saturated rings. The van der Waals surface area contributed by atoms with Crippen LogP contribution in [-0.4, -0.2) is 30.2 Å². The van der Waals surface area contributed by atoms with Crippen LogP contribution in [0.25, 0.3) is 28.5 Å². The summed E-state index contributed by atoms with van der Waals surface area (Å²) in [5, 5.41) is 12.1. The van der Waals surface area contributed by atoms with Gasteiger partial charge in [0.25, 0.3) is 5.89 Å². The number of fused-ring (bicyclic) bond motifs is 2. The second-order valence-corrected chi connectivity index (χ2v) is 8.78. The molecule has 10 heteroatoms. The molecular weight excluding hydrogens is 468 g/mol. The topological polar surface area (TPSA) is 107 Å². The Bertz CT molecular complexity index is 1620. The minimum absolute atomic E-state index is 0.0633. The molecule has 1 N–H and O–H groups in total. The van der Waals surface area contributed by atoms with Crippen LogP contribution in [0.5, 0.6) is 0 Å². The summed E-state index contributed by atoms with van der Waals surface area (Å²) < 4.78 is 7.96. The highest BCUT2D eigenvalue weighted by Crippen LogP contribution is 2.30. The lowest BCUT2D eigenvalue weighted by atomic mass is 10.1. The Hall–Kier alpha value is -4.24. The van der Waals surface area contributed by atoms with Gasteiger partial charge < -0.3 is 9.84 Å². The van der Waals surface area contributed by atoms with Gasteiger partial charge in [-0.05, 0) is 60.4 Å². The molecule has 0 saturated carbocycles. The number of amides is 1. The van der Waals surface area contributed by atoms with E-state index < -0.39 is 5.69 Å². The van der Waals surface area contributed by atoms with Crippen molar-refractivity contribution in [3.05, 3.63) is 93.5 Å². The van der Waals surface area contributed by atoms with E-state index in [1.165, 1.54) is 9.96 Å². The number of nitrogens with one attached hydrogen (secondary N) is 1. The van der Waals surface area contributed by atoms with E-state index in [1.54, 1.807) is 42.6 Å². The molecule has 1 atom stereocenters. The van der Waals surface area contributed by atoms with Crippen LogP contribution < -0.4 is 11.0 Å². The Kier molecular flexibility index (Phi) is 5.18. The quantitative estimate of drug-likeness (QED) is 0.406. The van der Waals surface area contributed by atoms with Crippen LogP contribution in [-0.2, 0) is 17.8 Å². The maximum atomic E-state index is 12.9. The normalized spacial score (nSPS) is 14.8. The maximum absolute atomic E-state index is 12.9. The third-order valence-electron chi connectivity index (χ3n) is 6.13. The van der Waals surface area contributed by atoms with Crippen LogP contribution >= 0.6 is 11.6 Å². The lowest BCUT2D eigenvalue weighted by Crippen LogP contribution is -2.34. The predicted molar refractivity (Wildman–Crippen MR) is 129 cm³/mol. The summed E-state index contributed by atoms with van der Waals surface area (Å²) in [7, 11) is 0. The number of pyridine rings is 1. The number of rotatable bonds is 5. The van der Waals surface area contributed by atoms with Crippen LogP contribution in [0.15, 0.2) is 76.2 Å². The van der Waals surface area contributed by atoms with E-state index >= 15 is 0 Å². The standard InChI is InChI=1S/C25H19ClN6O3/c26-17-10-7-16(8-11-17)22-28-24(35-30-22)19-6-3-13-31-23(19)29-32(25(31)34)14-21(33)27-20-12-9-15-4-1-2-5-18(15)20/h1-8,10-11,13,20H,9,12,14H2,(H,27,33)/t20-/m1/s1. The fourth-order valence-electron chi connectivity index (χ4n) is 4.44. The summed E-state index contributed by atoms with van der Waals surface area (Å²) in [6, 6.07) is 18.5. The van der Waals surface area contributed by atoms with Gasteiger partial charge in [-0.1, -0.05) is 41.0 Å². The van der Waals surface area contributed by atoms with Gasteiger partial charge >= 0.3 is 5.69 Å². The van der Waals surface area contributed by atoms with E-state index in [-0.39, 0.29) is 24.4 Å². The molecule has 3 aromatic heterocycles. The van der Waals surface area contributed by atoms with E-state index in [2.05, 4.69) is 26.6 Å². The van der Waals surface area contributed by atoms with Crippen molar-refractivity contribution in [3.63, 3.8) is 0 Å². The van der Waals surface area contributed by atoms with Crippen molar-refractivity contribution in [2.45, 2.75) is 25.4 Å². The molecule has 0 radical (unpaired) electrons. The molecule has 174 valence electrons. The molecule has 35 heavy (non-hydrogen) atoms. The summed E-state index contributed by atoms with van der Waals surface area (Å²) in [4.78, 5) is 30.2. The number of nitrogens with zero attached hydrogens (tertiary/aromatic N) is 5. The Morgan fingerprint density at radius 3 is 2.80 bits per heavy atom. The average Bonchev–Trinajstić information content (AvgIpc) is 3.59. The summed E-state index contributed by atoms with van der Waals surface area (Å²) in [6.45, 7) is -0.196. The van der Waals surface area contributed by atoms with Gasteiger partial charge in [0.1, 0.15) is 6.54 Å². The smallest absolute Gasteiger partial charge is 0.348 e. The van der Waals surface area contributed by atoms with E-state index in [9.17, 15) is 9.59 Å². The monoisotopic (exact) mass is 486 g/mol. The minimum atomic E-state index is -0.429. The number of hydrogen-bond acceptors (Lipinski definition) is 6. The Morgan fingerprint density at radius 2 is 1.94 bits per heavy atom. The summed E-state index contributed by atoms with van der Waals surface area (Å²) in [6.07, 6.45) is 3.34. The van der Waals surface area contributed by atoms with Gasteiger partial charge in [-0.3, -0.25) is 4.79 Å². The molecule has 1 aliphatic carbocycles. The minimum Gasteiger partial charge on any atom is -0.348 e. The molecule has 3 heterocycles. The number of aromatic nitrogens is 5. The summed E-state index contributed by atoms with van der Waals surface area (Å²) >= 11 is 5.95. The zero-order valence-corrected chi connectivity index (χ0v) is 19.1. The van der Waals surface area contributed by atoms with Gasteiger partial charge in [-0.15, -0.1) is 5.10 Å². The van der Waals surface area contributed by atoms with E-state index in [1.807, 2.05) is 18.2 Å². The van der Waals surface area contributed by atoms with Crippen molar-refractivity contribution >= 4 is 23.2 Å². The van der Waals surface area contributed by atoms with Gasteiger partial charge in [0, 0.05) is 16.8 Å². The van der Waals surface area contributed by atoms with Crippen molar-refractivity contribution in [3.8, 4) is 22.8 Å². The average molecular weight is 487 g/mol. The zero-order chi connectivity index (χ0) is 23.9. The third-order valence-corrected chi connectivity index (χ3v) is 6.38. The van der Waals surface area contributed by atoms with Gasteiger partial charge in [-0.25, -0.2) is 13.9 Å². The molecular formula is C25H19ClN6O3. The van der Waals surface area contributed by atoms with Crippen molar-refractivity contribution in [2.75, 3.05) is 0 Å². The molecule has 5 aromatic rings. The highest BCUT2D eigenvalue weighted by atomic mass is 35.5. The second kappa shape index (κ2) is 8.52. The van der Waals surface area contributed by atoms with Gasteiger partial charge in [0.05, 0.1) is 11.6 Å². The number of hydrogen-bond donors (Lipinski definition) is 1. The predicted octanol–water partition coefficient (Wildman–Crippen LogP) is 3.67. The number of halogens is 1. The highest BCUT2D eigenvalue weighted by molar-refractivity contribution is 6.30. The van der Waals surface area contributed by atoms with Crippen LogP contribution in [0.1, 0.15) is 23.6 Å². The Balaban J connectivity index is 1.27. The number of aryl methyl sites for hydroxylation is 1. The Morgan fingerprint density at radius 1 is 1.11 bits per heavy atom. The fraction of sp³-hybridized carbons (Fsp3) is 0.160.